The summed E-state index contributed by atoms with van der Waals surface area (Å²) in [5.74, 6) is 0.837. The van der Waals surface area contributed by atoms with Crippen LogP contribution in [0.3, 0.4) is 0 Å². The molecule has 1 aromatic heterocycles. The van der Waals surface area contributed by atoms with Crippen LogP contribution in [0.2, 0.25) is 5.02 Å². The predicted octanol–water partition coefficient (Wildman–Crippen LogP) is 3.55. The lowest BCUT2D eigenvalue weighted by Gasteiger charge is -2.13. The number of nitrogens with two attached hydrogens (primary N) is 1. The number of hydrogen-bond acceptors (Lipinski definition) is 4. The summed E-state index contributed by atoms with van der Waals surface area (Å²) in [6.07, 6.45) is 1.61. The van der Waals surface area contributed by atoms with Gasteiger partial charge in [-0.05, 0) is 55.7 Å². The molecule has 0 bridgehead atoms. The first kappa shape index (κ1) is 15.1. The minimum absolute atomic E-state index is 0.0435. The quantitative estimate of drug-likeness (QED) is 0.393. The second-order valence-electron chi connectivity index (χ2n) is 4.77. The van der Waals surface area contributed by atoms with Gasteiger partial charge < -0.3 is 15.7 Å². The van der Waals surface area contributed by atoms with Gasteiger partial charge in [-0.2, -0.15) is 0 Å². The lowest BCUT2D eigenvalue weighted by atomic mass is 10.1. The number of benzene rings is 1. The molecule has 5 nitrogen and oxygen atoms in total. The van der Waals surface area contributed by atoms with Crippen molar-refractivity contribution in [1.82, 2.24) is 4.98 Å². The van der Waals surface area contributed by atoms with E-state index in [1.54, 1.807) is 12.3 Å². The second-order valence-corrected chi connectivity index (χ2v) is 5.14. The van der Waals surface area contributed by atoms with Crippen LogP contribution in [-0.4, -0.2) is 16.0 Å². The Morgan fingerprint density at radius 2 is 1.86 bits per heavy atom. The lowest BCUT2D eigenvalue weighted by molar-refractivity contribution is 0.318. The summed E-state index contributed by atoms with van der Waals surface area (Å²) in [6.45, 7) is 5.63. The molecule has 0 fully saturated rings. The Morgan fingerprint density at radius 3 is 2.43 bits per heavy atom. The van der Waals surface area contributed by atoms with E-state index in [0.717, 1.165) is 16.7 Å². The maximum atomic E-state index is 8.89. The molecule has 0 aliphatic rings. The highest BCUT2D eigenvalue weighted by Gasteiger charge is 2.14. The molecule has 0 aliphatic carbocycles. The second kappa shape index (κ2) is 6.01. The van der Waals surface area contributed by atoms with E-state index in [0.29, 0.717) is 16.3 Å². The Bertz CT molecular complexity index is 691. The van der Waals surface area contributed by atoms with Crippen molar-refractivity contribution in [2.24, 2.45) is 10.9 Å². The smallest absolute Gasteiger partial charge is 0.230 e. The van der Waals surface area contributed by atoms with Crippen LogP contribution in [0.5, 0.6) is 11.6 Å². The van der Waals surface area contributed by atoms with Crippen LogP contribution in [0, 0.1) is 20.8 Å². The molecule has 0 aliphatic heterocycles. The fourth-order valence-corrected chi connectivity index (χ4v) is 2.16. The zero-order valence-electron chi connectivity index (χ0n) is 12.0. The van der Waals surface area contributed by atoms with Crippen LogP contribution in [0.25, 0.3) is 0 Å². The Balaban J connectivity index is 2.48. The van der Waals surface area contributed by atoms with E-state index in [4.69, 9.17) is 27.3 Å². The molecule has 6 heteroatoms. The van der Waals surface area contributed by atoms with Gasteiger partial charge in [0.25, 0.3) is 0 Å². The van der Waals surface area contributed by atoms with Gasteiger partial charge in [-0.1, -0.05) is 16.8 Å². The minimum Gasteiger partial charge on any atom is -0.438 e. The number of halogens is 1. The molecule has 1 heterocycles. The molecule has 0 unspecified atom stereocenters. The highest BCUT2D eigenvalue weighted by atomic mass is 35.5. The van der Waals surface area contributed by atoms with E-state index >= 15 is 0 Å². The average molecular weight is 306 g/mol. The number of oxime groups is 1. The molecule has 0 saturated heterocycles. The third-order valence-electron chi connectivity index (χ3n) is 3.11. The normalized spacial score (nSPS) is 11.5. The van der Waals surface area contributed by atoms with Gasteiger partial charge in [-0.15, -0.1) is 0 Å². The van der Waals surface area contributed by atoms with Gasteiger partial charge in [0.05, 0.1) is 5.56 Å². The Hall–Kier alpha value is -2.27. The number of rotatable bonds is 3. The van der Waals surface area contributed by atoms with Crippen molar-refractivity contribution in [1.29, 1.82) is 0 Å². The maximum Gasteiger partial charge on any atom is 0.230 e. The van der Waals surface area contributed by atoms with Gasteiger partial charge in [-0.3, -0.25) is 0 Å². The van der Waals surface area contributed by atoms with E-state index in [2.05, 4.69) is 10.1 Å². The summed E-state index contributed by atoms with van der Waals surface area (Å²) in [7, 11) is 0. The minimum atomic E-state index is -0.0435. The highest BCUT2D eigenvalue weighted by molar-refractivity contribution is 6.32. The molecule has 21 heavy (non-hydrogen) atoms. The maximum absolute atomic E-state index is 8.89. The van der Waals surface area contributed by atoms with Crippen LogP contribution in [0.4, 0.5) is 0 Å². The van der Waals surface area contributed by atoms with E-state index in [-0.39, 0.29) is 11.7 Å². The Kier molecular flexibility index (Phi) is 4.33. The van der Waals surface area contributed by atoms with E-state index in [1.807, 2.05) is 32.9 Å². The van der Waals surface area contributed by atoms with Gasteiger partial charge in [0.2, 0.25) is 5.88 Å². The number of aryl methyl sites for hydroxylation is 3. The third kappa shape index (κ3) is 3.08. The molecule has 2 aromatic rings. The Labute approximate surface area is 128 Å². The fourth-order valence-electron chi connectivity index (χ4n) is 2.05. The van der Waals surface area contributed by atoms with Gasteiger partial charge in [-0.25, -0.2) is 4.98 Å². The monoisotopic (exact) mass is 305 g/mol. The first-order valence-corrected chi connectivity index (χ1v) is 6.70. The summed E-state index contributed by atoms with van der Waals surface area (Å²) < 4.78 is 5.79. The summed E-state index contributed by atoms with van der Waals surface area (Å²) in [5, 5.41) is 12.6. The predicted molar refractivity (Wildman–Crippen MR) is 82.5 cm³/mol. The van der Waals surface area contributed by atoms with Crippen LogP contribution in [0.15, 0.2) is 29.6 Å². The molecule has 0 radical (unpaired) electrons. The molecule has 1 aromatic carbocycles. The molecule has 3 N–H and O–H groups in total. The molecular formula is C15H16ClN3O2. The largest absolute Gasteiger partial charge is 0.438 e. The zero-order valence-corrected chi connectivity index (χ0v) is 12.8. The van der Waals surface area contributed by atoms with Gasteiger partial charge in [0, 0.05) is 11.2 Å². The summed E-state index contributed by atoms with van der Waals surface area (Å²) in [4.78, 5) is 4.16. The van der Waals surface area contributed by atoms with Crippen LogP contribution >= 0.6 is 11.6 Å². The molecule has 0 amide bonds. The number of amidine groups is 1. The SMILES string of the molecule is Cc1cc(Oc2nccc(C)c2/C(N)=N/O)cc(C)c1Cl. The number of nitrogens with zero attached hydrogens (tertiary/aromatic N) is 2. The van der Waals surface area contributed by atoms with E-state index in [9.17, 15) is 0 Å². The summed E-state index contributed by atoms with van der Waals surface area (Å²) in [5.41, 5.74) is 8.77. The fraction of sp³-hybridized carbons (Fsp3) is 0.200. The topological polar surface area (TPSA) is 80.7 Å². The van der Waals surface area contributed by atoms with Crippen molar-refractivity contribution in [2.75, 3.05) is 0 Å². The number of hydrogen-bond donors (Lipinski definition) is 2. The standard InChI is InChI=1S/C15H16ClN3O2/c1-8-4-5-18-15(12(8)14(17)19-20)21-11-6-9(2)13(16)10(3)7-11/h4-7,20H,1-3H3,(H2,17,19). The number of pyridine rings is 1. The van der Waals surface area contributed by atoms with Crippen molar-refractivity contribution in [3.05, 3.63) is 51.7 Å². The zero-order chi connectivity index (χ0) is 15.6. The summed E-state index contributed by atoms with van der Waals surface area (Å²) in [6, 6.07) is 5.39. The summed E-state index contributed by atoms with van der Waals surface area (Å²) >= 11 is 6.14. The molecule has 0 saturated carbocycles. The molecule has 110 valence electrons. The van der Waals surface area contributed by atoms with Crippen molar-refractivity contribution in [3.8, 4) is 11.6 Å². The average Bonchev–Trinajstić information content (AvgIpc) is 2.44. The molecule has 0 atom stereocenters. The van der Waals surface area contributed by atoms with Crippen molar-refractivity contribution in [2.45, 2.75) is 20.8 Å². The van der Waals surface area contributed by atoms with Crippen molar-refractivity contribution in [3.63, 3.8) is 0 Å². The van der Waals surface area contributed by atoms with Crippen molar-refractivity contribution >= 4 is 17.4 Å². The molecular weight excluding hydrogens is 290 g/mol. The van der Waals surface area contributed by atoms with E-state index < -0.39 is 0 Å². The third-order valence-corrected chi connectivity index (χ3v) is 3.71. The van der Waals surface area contributed by atoms with E-state index in [1.165, 1.54) is 0 Å². The molecule has 0 spiro atoms. The number of aromatic nitrogens is 1. The first-order valence-electron chi connectivity index (χ1n) is 6.32. The van der Waals surface area contributed by atoms with Crippen LogP contribution < -0.4 is 10.5 Å². The first-order chi connectivity index (χ1) is 9.93. The lowest BCUT2D eigenvalue weighted by Crippen LogP contribution is -2.16. The van der Waals surface area contributed by atoms with Crippen molar-refractivity contribution < 1.29 is 9.94 Å². The number of ether oxygens (including phenoxy) is 1. The molecule has 2 rings (SSSR count). The Morgan fingerprint density at radius 1 is 1.24 bits per heavy atom. The van der Waals surface area contributed by atoms with Crippen LogP contribution in [-0.2, 0) is 0 Å². The van der Waals surface area contributed by atoms with Gasteiger partial charge >= 0.3 is 0 Å². The highest BCUT2D eigenvalue weighted by Crippen LogP contribution is 2.30. The van der Waals surface area contributed by atoms with Gasteiger partial charge in [0.15, 0.2) is 5.84 Å². The van der Waals surface area contributed by atoms with Gasteiger partial charge in [0.1, 0.15) is 5.75 Å². The van der Waals surface area contributed by atoms with Crippen LogP contribution in [0.1, 0.15) is 22.3 Å².